The summed E-state index contributed by atoms with van der Waals surface area (Å²) in [6.45, 7) is 0. The topological polar surface area (TPSA) is 9.23 Å². The molecule has 0 saturated carbocycles. The maximum atomic E-state index is 6.42. The van der Waals surface area contributed by atoms with Crippen LogP contribution in [-0.4, -0.2) is 0 Å². The Morgan fingerprint density at radius 3 is 1.44 bits per heavy atom. The lowest BCUT2D eigenvalue weighted by molar-refractivity contribution is 0.225. The molecule has 0 saturated heterocycles. The van der Waals surface area contributed by atoms with Crippen molar-refractivity contribution in [3.05, 3.63) is 71.8 Å². The summed E-state index contributed by atoms with van der Waals surface area (Å²) in [5.41, 5.74) is 1.61. The van der Waals surface area contributed by atoms with Crippen LogP contribution in [0.1, 0.15) is 11.1 Å². The van der Waals surface area contributed by atoms with Crippen molar-refractivity contribution in [3.63, 3.8) is 0 Å². The number of benzene rings is 2. The molecule has 0 aliphatic rings. The fourth-order valence-electron chi connectivity index (χ4n) is 1.56. The Morgan fingerprint density at radius 1 is 0.750 bits per heavy atom. The van der Waals surface area contributed by atoms with E-state index in [0.29, 0.717) is 0 Å². The Hall–Kier alpha value is -1.02. The Balaban J connectivity index is 2.49. The molecule has 0 unspecified atom stereocenters. The van der Waals surface area contributed by atoms with E-state index in [1.807, 2.05) is 60.7 Å². The second-order valence-electron chi connectivity index (χ2n) is 3.40. The van der Waals surface area contributed by atoms with Crippen LogP contribution in [0.5, 0.6) is 0 Å². The maximum Gasteiger partial charge on any atom is 0.213 e. The van der Waals surface area contributed by atoms with Gasteiger partial charge in [-0.1, -0.05) is 72.3 Å². The molecule has 16 heavy (non-hydrogen) atoms. The van der Waals surface area contributed by atoms with Crippen LogP contribution in [0.3, 0.4) is 0 Å². The fourth-order valence-corrected chi connectivity index (χ4v) is 1.99. The summed E-state index contributed by atoms with van der Waals surface area (Å²) in [4.78, 5) is 0. The molecule has 0 N–H and O–H groups in total. The second-order valence-corrected chi connectivity index (χ2v) is 4.09. The van der Waals surface area contributed by atoms with E-state index in [1.165, 1.54) is 0 Å². The molecule has 0 heterocycles. The molecule has 3 heteroatoms. The molecule has 0 radical (unpaired) electrons. The first-order valence-electron chi connectivity index (χ1n) is 4.87. The first kappa shape index (κ1) is 11.5. The van der Waals surface area contributed by atoms with Gasteiger partial charge < -0.3 is 0 Å². The van der Waals surface area contributed by atoms with Gasteiger partial charge in [-0.05, 0) is 0 Å². The van der Waals surface area contributed by atoms with Crippen molar-refractivity contribution in [1.29, 1.82) is 0 Å². The predicted octanol–water partition coefficient (Wildman–Crippen LogP) is 4.30. The van der Waals surface area contributed by atoms with E-state index >= 15 is 0 Å². The van der Waals surface area contributed by atoms with Gasteiger partial charge >= 0.3 is 0 Å². The molecule has 0 fully saturated rings. The quantitative estimate of drug-likeness (QED) is 0.741. The van der Waals surface area contributed by atoms with Crippen LogP contribution in [0.15, 0.2) is 60.7 Å². The second kappa shape index (κ2) is 4.88. The Bertz CT molecular complexity index is 403. The number of rotatable bonds is 3. The summed E-state index contributed by atoms with van der Waals surface area (Å²) in [5, 5.41) is -1.13. The van der Waals surface area contributed by atoms with Crippen molar-refractivity contribution in [1.82, 2.24) is 0 Å². The number of hydrogen-bond donors (Lipinski definition) is 0. The zero-order valence-electron chi connectivity index (χ0n) is 8.44. The van der Waals surface area contributed by atoms with Gasteiger partial charge in [-0.15, -0.1) is 0 Å². The standard InChI is InChI=1S/C13H10Cl2O/c14-13(16-15,11-7-3-1-4-8-11)12-9-5-2-6-10-12/h1-10H. The molecule has 0 aliphatic carbocycles. The molecule has 0 amide bonds. The van der Waals surface area contributed by atoms with Crippen molar-refractivity contribution in [3.8, 4) is 0 Å². The summed E-state index contributed by atoms with van der Waals surface area (Å²) in [6.07, 6.45) is 0. The minimum absolute atomic E-state index is 0.804. The monoisotopic (exact) mass is 252 g/mol. The van der Waals surface area contributed by atoms with Gasteiger partial charge in [-0.2, -0.15) is 0 Å². The lowest BCUT2D eigenvalue weighted by Gasteiger charge is -2.24. The lowest BCUT2D eigenvalue weighted by Crippen LogP contribution is -2.20. The van der Waals surface area contributed by atoms with E-state index in [9.17, 15) is 0 Å². The number of hydrogen-bond acceptors (Lipinski definition) is 1. The zero-order valence-corrected chi connectivity index (χ0v) is 9.95. The molecule has 0 aliphatic heterocycles. The Morgan fingerprint density at radius 2 is 1.12 bits per heavy atom. The normalized spacial score (nSPS) is 11.4. The average molecular weight is 253 g/mol. The predicted molar refractivity (Wildman–Crippen MR) is 66.5 cm³/mol. The number of halogens is 2. The fraction of sp³-hybridized carbons (Fsp3) is 0.0769. The molecule has 0 aromatic heterocycles. The highest BCUT2D eigenvalue weighted by Gasteiger charge is 2.32. The molecule has 0 spiro atoms. The van der Waals surface area contributed by atoms with Crippen molar-refractivity contribution in [2.24, 2.45) is 0 Å². The summed E-state index contributed by atoms with van der Waals surface area (Å²) in [7, 11) is 0. The Labute approximate surface area is 105 Å². The van der Waals surface area contributed by atoms with Gasteiger partial charge in [-0.3, -0.25) is 0 Å². The molecule has 2 aromatic rings. The molecular formula is C13H10Cl2O. The third-order valence-corrected chi connectivity index (χ3v) is 3.22. The first-order valence-corrected chi connectivity index (χ1v) is 5.56. The van der Waals surface area contributed by atoms with Crippen molar-refractivity contribution >= 4 is 23.5 Å². The van der Waals surface area contributed by atoms with Gasteiger partial charge in [0.2, 0.25) is 5.06 Å². The minimum atomic E-state index is -1.13. The summed E-state index contributed by atoms with van der Waals surface area (Å²) in [6, 6.07) is 18.9. The molecular weight excluding hydrogens is 243 g/mol. The summed E-state index contributed by atoms with van der Waals surface area (Å²) < 4.78 is 4.95. The minimum Gasteiger partial charge on any atom is -0.246 e. The van der Waals surface area contributed by atoms with Crippen LogP contribution in [-0.2, 0) is 9.35 Å². The molecule has 82 valence electrons. The highest BCUT2D eigenvalue weighted by molar-refractivity contribution is 6.27. The summed E-state index contributed by atoms with van der Waals surface area (Å²) >= 11 is 12.0. The van der Waals surface area contributed by atoms with E-state index in [1.54, 1.807) is 0 Å². The van der Waals surface area contributed by atoms with E-state index < -0.39 is 5.06 Å². The largest absolute Gasteiger partial charge is 0.246 e. The summed E-state index contributed by atoms with van der Waals surface area (Å²) in [5.74, 6) is 0. The molecule has 2 rings (SSSR count). The van der Waals surface area contributed by atoms with E-state index in [2.05, 4.69) is 0 Å². The van der Waals surface area contributed by atoms with Gasteiger partial charge in [0.25, 0.3) is 0 Å². The molecule has 0 bridgehead atoms. The third-order valence-electron chi connectivity index (χ3n) is 2.40. The van der Waals surface area contributed by atoms with Gasteiger partial charge in [0, 0.05) is 11.1 Å². The van der Waals surface area contributed by atoms with Crippen molar-refractivity contribution in [2.75, 3.05) is 0 Å². The molecule has 1 nitrogen and oxygen atoms in total. The zero-order chi connectivity index (χ0) is 11.4. The highest BCUT2D eigenvalue weighted by atomic mass is 35.5. The van der Waals surface area contributed by atoms with E-state index in [-0.39, 0.29) is 0 Å². The van der Waals surface area contributed by atoms with Crippen molar-refractivity contribution in [2.45, 2.75) is 5.06 Å². The van der Waals surface area contributed by atoms with Gasteiger partial charge in [0.1, 0.15) is 0 Å². The Kier molecular flexibility index (Phi) is 3.49. The van der Waals surface area contributed by atoms with Crippen LogP contribution < -0.4 is 0 Å². The molecule has 0 atom stereocenters. The van der Waals surface area contributed by atoms with Crippen LogP contribution in [0.2, 0.25) is 0 Å². The average Bonchev–Trinajstić information content (AvgIpc) is 2.40. The van der Waals surface area contributed by atoms with Crippen LogP contribution >= 0.6 is 23.5 Å². The third kappa shape index (κ3) is 2.07. The van der Waals surface area contributed by atoms with Crippen molar-refractivity contribution < 1.29 is 4.29 Å². The molecule has 2 aromatic carbocycles. The van der Waals surface area contributed by atoms with E-state index in [4.69, 9.17) is 27.8 Å². The van der Waals surface area contributed by atoms with Crippen LogP contribution in [0.4, 0.5) is 0 Å². The first-order chi connectivity index (χ1) is 7.77. The van der Waals surface area contributed by atoms with Gasteiger partial charge in [0.05, 0.1) is 11.9 Å². The lowest BCUT2D eigenvalue weighted by atomic mass is 10.0. The number of alkyl halides is 1. The van der Waals surface area contributed by atoms with Gasteiger partial charge in [-0.25, -0.2) is 4.29 Å². The highest BCUT2D eigenvalue weighted by Crippen LogP contribution is 2.38. The van der Waals surface area contributed by atoms with E-state index in [0.717, 1.165) is 11.1 Å². The maximum absolute atomic E-state index is 6.42. The smallest absolute Gasteiger partial charge is 0.213 e. The van der Waals surface area contributed by atoms with Crippen LogP contribution in [0.25, 0.3) is 0 Å². The van der Waals surface area contributed by atoms with Gasteiger partial charge in [0.15, 0.2) is 0 Å². The SMILES string of the molecule is ClOC(Cl)(c1ccccc1)c1ccccc1. The van der Waals surface area contributed by atoms with Crippen LogP contribution in [0, 0.1) is 0 Å².